The molecule has 0 saturated carbocycles. The summed E-state index contributed by atoms with van der Waals surface area (Å²) in [4.78, 5) is 17.0. The summed E-state index contributed by atoms with van der Waals surface area (Å²) in [5, 5.41) is 3.20. The van der Waals surface area contributed by atoms with E-state index in [9.17, 15) is 13.2 Å². The number of rotatable bonds is 4. The van der Waals surface area contributed by atoms with Crippen LogP contribution in [0.2, 0.25) is 0 Å². The van der Waals surface area contributed by atoms with E-state index < -0.39 is 15.6 Å². The van der Waals surface area contributed by atoms with Crippen LogP contribution in [0.5, 0.6) is 0 Å². The lowest BCUT2D eigenvalue weighted by molar-refractivity contribution is -0.122. The molecule has 1 aromatic rings. The molecule has 2 N–H and O–H groups in total. The average molecular weight is 355 g/mol. The molecule has 1 fully saturated rings. The van der Waals surface area contributed by atoms with Crippen LogP contribution in [0.15, 0.2) is 70.5 Å². The number of piperidine rings is 1. The fourth-order valence-electron chi connectivity index (χ4n) is 3.43. The van der Waals surface area contributed by atoms with Gasteiger partial charge in [-0.15, -0.1) is 0 Å². The van der Waals surface area contributed by atoms with Gasteiger partial charge in [-0.2, -0.15) is 0 Å². The number of carbonyl (C=O) groups is 1. The van der Waals surface area contributed by atoms with Crippen molar-refractivity contribution in [1.82, 2.24) is 10.0 Å². The SMILES string of the molecule is O=C1CCNC2=CC=C(NS(=O)(=O)Cc3ccccc3)C3=CC=NC123. The van der Waals surface area contributed by atoms with Gasteiger partial charge in [-0.3, -0.25) is 14.5 Å². The van der Waals surface area contributed by atoms with E-state index in [1.165, 1.54) is 0 Å². The highest BCUT2D eigenvalue weighted by Crippen LogP contribution is 2.41. The third kappa shape index (κ3) is 2.60. The monoisotopic (exact) mass is 355 g/mol. The van der Waals surface area contributed by atoms with Crippen LogP contribution >= 0.6 is 0 Å². The molecule has 1 atom stereocenters. The molecule has 128 valence electrons. The smallest absolute Gasteiger partial charge is 0.236 e. The number of Topliss-reactive ketones (excluding diaryl/α,β-unsaturated/α-hetero) is 1. The topological polar surface area (TPSA) is 87.6 Å². The summed E-state index contributed by atoms with van der Waals surface area (Å²) < 4.78 is 27.7. The van der Waals surface area contributed by atoms with Crippen LogP contribution in [0.1, 0.15) is 12.0 Å². The summed E-state index contributed by atoms with van der Waals surface area (Å²) in [6.45, 7) is 0.568. The van der Waals surface area contributed by atoms with Crippen molar-refractivity contribution in [3.05, 3.63) is 71.1 Å². The second-order valence-corrected chi connectivity index (χ2v) is 7.90. The fourth-order valence-corrected chi connectivity index (χ4v) is 4.64. The van der Waals surface area contributed by atoms with E-state index in [1.807, 2.05) is 6.07 Å². The second kappa shape index (κ2) is 5.70. The lowest BCUT2D eigenvalue weighted by Crippen LogP contribution is -2.52. The summed E-state index contributed by atoms with van der Waals surface area (Å²) >= 11 is 0. The van der Waals surface area contributed by atoms with Crippen LogP contribution in [-0.4, -0.2) is 32.5 Å². The molecule has 2 heterocycles. The van der Waals surface area contributed by atoms with E-state index in [2.05, 4.69) is 15.0 Å². The molecule has 0 bridgehead atoms. The molecule has 25 heavy (non-hydrogen) atoms. The van der Waals surface area contributed by atoms with Gasteiger partial charge >= 0.3 is 0 Å². The lowest BCUT2D eigenvalue weighted by Gasteiger charge is -2.38. The number of hydrogen-bond acceptors (Lipinski definition) is 5. The number of carbonyl (C=O) groups excluding carboxylic acids is 1. The zero-order valence-electron chi connectivity index (χ0n) is 13.4. The fraction of sp³-hybridized carbons (Fsp3) is 0.222. The van der Waals surface area contributed by atoms with E-state index in [1.54, 1.807) is 48.7 Å². The van der Waals surface area contributed by atoms with Gasteiger partial charge in [-0.05, 0) is 23.8 Å². The number of ketones is 1. The highest BCUT2D eigenvalue weighted by Gasteiger charge is 2.51. The minimum atomic E-state index is -3.61. The number of nitrogens with zero attached hydrogens (tertiary/aromatic N) is 1. The van der Waals surface area contributed by atoms with Gasteiger partial charge in [0.25, 0.3) is 0 Å². The molecule has 6 nitrogen and oxygen atoms in total. The first-order valence-corrected chi connectivity index (χ1v) is 9.67. The number of aliphatic imine (C=N–C) groups is 1. The molecule has 0 amide bonds. The summed E-state index contributed by atoms with van der Waals surface area (Å²) in [6.07, 6.45) is 7.04. The molecule has 0 aromatic heterocycles. The first-order chi connectivity index (χ1) is 12.0. The molecule has 1 spiro atoms. The Morgan fingerprint density at radius 2 is 1.96 bits per heavy atom. The van der Waals surface area contributed by atoms with Crippen LogP contribution < -0.4 is 10.0 Å². The summed E-state index contributed by atoms with van der Waals surface area (Å²) in [5.41, 5.74) is 1.27. The first kappa shape index (κ1) is 15.8. The predicted molar refractivity (Wildman–Crippen MR) is 95.3 cm³/mol. The zero-order valence-corrected chi connectivity index (χ0v) is 14.2. The Labute approximate surface area is 146 Å². The van der Waals surface area contributed by atoms with Gasteiger partial charge in [0.2, 0.25) is 10.0 Å². The lowest BCUT2D eigenvalue weighted by atomic mass is 9.76. The van der Waals surface area contributed by atoms with Crippen molar-refractivity contribution in [2.45, 2.75) is 17.7 Å². The number of nitrogens with one attached hydrogen (secondary N) is 2. The third-order valence-corrected chi connectivity index (χ3v) is 5.78. The quantitative estimate of drug-likeness (QED) is 0.850. The highest BCUT2D eigenvalue weighted by atomic mass is 32.2. The maximum Gasteiger partial charge on any atom is 0.236 e. The number of sulfonamides is 1. The van der Waals surface area contributed by atoms with Gasteiger partial charge in [0.15, 0.2) is 11.3 Å². The van der Waals surface area contributed by atoms with Crippen LogP contribution in [0, 0.1) is 0 Å². The van der Waals surface area contributed by atoms with Crippen molar-refractivity contribution in [2.75, 3.05) is 6.54 Å². The normalized spacial score (nSPS) is 24.5. The van der Waals surface area contributed by atoms with Crippen LogP contribution in [0.25, 0.3) is 0 Å². The predicted octanol–water partition coefficient (Wildman–Crippen LogP) is 1.20. The Balaban J connectivity index is 1.65. The summed E-state index contributed by atoms with van der Waals surface area (Å²) in [6, 6.07) is 8.97. The maximum absolute atomic E-state index is 12.6. The minimum absolute atomic E-state index is 0.0228. The van der Waals surface area contributed by atoms with E-state index in [0.29, 0.717) is 35.5 Å². The maximum atomic E-state index is 12.6. The Morgan fingerprint density at radius 3 is 2.76 bits per heavy atom. The molecule has 1 aliphatic carbocycles. The first-order valence-electron chi connectivity index (χ1n) is 8.02. The molecule has 1 saturated heterocycles. The van der Waals surface area contributed by atoms with Gasteiger partial charge in [-0.25, -0.2) is 8.42 Å². The summed E-state index contributed by atoms with van der Waals surface area (Å²) in [7, 11) is -3.61. The largest absolute Gasteiger partial charge is 0.385 e. The van der Waals surface area contributed by atoms with Crippen LogP contribution in [0.4, 0.5) is 0 Å². The van der Waals surface area contributed by atoms with Gasteiger partial charge < -0.3 is 5.32 Å². The third-order valence-electron chi connectivity index (χ3n) is 4.53. The number of benzene rings is 1. The van der Waals surface area contributed by atoms with Gasteiger partial charge in [0.1, 0.15) is 0 Å². The van der Waals surface area contributed by atoms with Crippen LogP contribution in [-0.2, 0) is 20.6 Å². The Morgan fingerprint density at radius 1 is 1.16 bits per heavy atom. The Hall–Kier alpha value is -2.67. The molecular weight excluding hydrogens is 338 g/mol. The molecule has 0 radical (unpaired) electrons. The van der Waals surface area contributed by atoms with E-state index in [0.717, 1.165) is 0 Å². The molecule has 4 rings (SSSR count). The van der Waals surface area contributed by atoms with E-state index in [4.69, 9.17) is 0 Å². The number of hydrogen-bond donors (Lipinski definition) is 2. The van der Waals surface area contributed by atoms with Crippen molar-refractivity contribution in [2.24, 2.45) is 4.99 Å². The van der Waals surface area contributed by atoms with Crippen molar-refractivity contribution in [3.8, 4) is 0 Å². The highest BCUT2D eigenvalue weighted by molar-refractivity contribution is 7.88. The molecule has 3 aliphatic rings. The number of allylic oxidation sites excluding steroid dienone is 3. The van der Waals surface area contributed by atoms with Crippen molar-refractivity contribution < 1.29 is 13.2 Å². The van der Waals surface area contributed by atoms with Crippen LogP contribution in [0.3, 0.4) is 0 Å². The molecule has 2 aliphatic heterocycles. The van der Waals surface area contributed by atoms with Gasteiger partial charge in [-0.1, -0.05) is 30.3 Å². The van der Waals surface area contributed by atoms with E-state index in [-0.39, 0.29) is 11.5 Å². The molecule has 1 aromatic carbocycles. The summed E-state index contributed by atoms with van der Waals surface area (Å²) in [5.74, 6) is -0.153. The zero-order chi connectivity index (χ0) is 17.5. The minimum Gasteiger partial charge on any atom is -0.385 e. The standard InChI is InChI=1S/C18H17N3O3S/c22-17-9-10-19-16-7-6-15(14-8-11-20-18(14,16)17)21-25(23,24)12-13-4-2-1-3-5-13/h1-8,11,19,21H,9-10,12H2. The molecular formula is C18H17N3O3S. The second-order valence-electron chi connectivity index (χ2n) is 6.18. The molecule has 1 unspecified atom stereocenters. The Bertz CT molecular complexity index is 959. The van der Waals surface area contributed by atoms with E-state index >= 15 is 0 Å². The van der Waals surface area contributed by atoms with Gasteiger partial charge in [0, 0.05) is 24.8 Å². The molecule has 7 heteroatoms. The van der Waals surface area contributed by atoms with Crippen molar-refractivity contribution in [3.63, 3.8) is 0 Å². The van der Waals surface area contributed by atoms with Crippen molar-refractivity contribution >= 4 is 22.0 Å². The average Bonchev–Trinajstić information content (AvgIpc) is 3.02. The van der Waals surface area contributed by atoms with Crippen molar-refractivity contribution in [1.29, 1.82) is 0 Å². The van der Waals surface area contributed by atoms with Gasteiger partial charge in [0.05, 0.1) is 17.1 Å². The Kier molecular flexibility index (Phi) is 3.61.